The smallest absolute Gasteiger partial charge is 0.119 e. The second-order valence-corrected chi connectivity index (χ2v) is 4.66. The van der Waals surface area contributed by atoms with Crippen LogP contribution in [0.25, 0.3) is 0 Å². The van der Waals surface area contributed by atoms with Crippen LogP contribution < -0.4 is 10.5 Å². The Balaban J connectivity index is 1.82. The molecule has 0 bridgehead atoms. The second kappa shape index (κ2) is 6.03. The van der Waals surface area contributed by atoms with Crippen molar-refractivity contribution < 1.29 is 9.47 Å². The van der Waals surface area contributed by atoms with E-state index in [1.54, 1.807) is 0 Å². The summed E-state index contributed by atoms with van der Waals surface area (Å²) in [6, 6.07) is 8.05. The molecule has 0 spiro atoms. The van der Waals surface area contributed by atoms with Crippen LogP contribution in [0.5, 0.6) is 5.75 Å². The molecule has 0 aliphatic carbocycles. The SMILES string of the molecule is C[C@@H](N)c1ccc(OCC2CCCCO2)cc1. The summed E-state index contributed by atoms with van der Waals surface area (Å²) in [7, 11) is 0. The summed E-state index contributed by atoms with van der Waals surface area (Å²) in [5.41, 5.74) is 6.92. The maximum atomic E-state index is 5.79. The molecule has 0 radical (unpaired) electrons. The first-order chi connectivity index (χ1) is 8.25. The molecule has 1 aromatic carbocycles. The molecule has 1 heterocycles. The first kappa shape index (κ1) is 12.4. The Kier molecular flexibility index (Phi) is 4.40. The average Bonchev–Trinajstić information content (AvgIpc) is 2.38. The van der Waals surface area contributed by atoms with Gasteiger partial charge in [0.25, 0.3) is 0 Å². The van der Waals surface area contributed by atoms with E-state index < -0.39 is 0 Å². The Bertz CT molecular complexity index is 329. The lowest BCUT2D eigenvalue weighted by Crippen LogP contribution is -2.25. The third-order valence-electron chi connectivity index (χ3n) is 3.12. The van der Waals surface area contributed by atoms with Gasteiger partial charge in [-0.1, -0.05) is 12.1 Å². The number of hydrogen-bond acceptors (Lipinski definition) is 3. The highest BCUT2D eigenvalue weighted by Gasteiger charge is 2.14. The van der Waals surface area contributed by atoms with E-state index in [0.717, 1.165) is 24.3 Å². The van der Waals surface area contributed by atoms with Crippen LogP contribution in [0, 0.1) is 0 Å². The van der Waals surface area contributed by atoms with Crippen LogP contribution in [0.1, 0.15) is 37.8 Å². The van der Waals surface area contributed by atoms with Gasteiger partial charge in [0.05, 0.1) is 6.10 Å². The van der Waals surface area contributed by atoms with E-state index in [1.807, 2.05) is 31.2 Å². The average molecular weight is 235 g/mol. The summed E-state index contributed by atoms with van der Waals surface area (Å²) in [5, 5.41) is 0. The quantitative estimate of drug-likeness (QED) is 0.872. The Morgan fingerprint density at radius 2 is 2.12 bits per heavy atom. The molecule has 0 amide bonds. The van der Waals surface area contributed by atoms with Crippen molar-refractivity contribution in [2.45, 2.75) is 38.3 Å². The summed E-state index contributed by atoms with van der Waals surface area (Å²) in [6.07, 6.45) is 3.80. The van der Waals surface area contributed by atoms with Crippen molar-refractivity contribution in [3.05, 3.63) is 29.8 Å². The molecule has 1 aliphatic rings. The van der Waals surface area contributed by atoms with Crippen molar-refractivity contribution in [3.63, 3.8) is 0 Å². The van der Waals surface area contributed by atoms with Gasteiger partial charge in [0.1, 0.15) is 12.4 Å². The van der Waals surface area contributed by atoms with Crippen LogP contribution in [0.4, 0.5) is 0 Å². The molecule has 0 aromatic heterocycles. The summed E-state index contributed by atoms with van der Waals surface area (Å²) in [4.78, 5) is 0. The van der Waals surface area contributed by atoms with Gasteiger partial charge < -0.3 is 15.2 Å². The lowest BCUT2D eigenvalue weighted by molar-refractivity contribution is -0.0110. The monoisotopic (exact) mass is 235 g/mol. The molecular weight excluding hydrogens is 214 g/mol. The number of nitrogens with two attached hydrogens (primary N) is 1. The molecule has 2 rings (SSSR count). The highest BCUT2D eigenvalue weighted by Crippen LogP contribution is 2.18. The fourth-order valence-electron chi connectivity index (χ4n) is 2.00. The predicted octanol–water partition coefficient (Wildman–Crippen LogP) is 2.65. The molecule has 1 fully saturated rings. The van der Waals surface area contributed by atoms with Gasteiger partial charge in [-0.2, -0.15) is 0 Å². The maximum absolute atomic E-state index is 5.79. The fraction of sp³-hybridized carbons (Fsp3) is 0.571. The molecule has 1 saturated heterocycles. The molecule has 3 heteroatoms. The summed E-state index contributed by atoms with van der Waals surface area (Å²) in [5.74, 6) is 0.892. The van der Waals surface area contributed by atoms with Crippen LogP contribution >= 0.6 is 0 Å². The molecule has 3 nitrogen and oxygen atoms in total. The van der Waals surface area contributed by atoms with Gasteiger partial charge in [-0.3, -0.25) is 0 Å². The zero-order valence-electron chi connectivity index (χ0n) is 10.4. The van der Waals surface area contributed by atoms with Gasteiger partial charge in [-0.25, -0.2) is 0 Å². The van der Waals surface area contributed by atoms with Gasteiger partial charge >= 0.3 is 0 Å². The summed E-state index contributed by atoms with van der Waals surface area (Å²) >= 11 is 0. The van der Waals surface area contributed by atoms with E-state index in [4.69, 9.17) is 15.2 Å². The Hall–Kier alpha value is -1.06. The minimum Gasteiger partial charge on any atom is -0.491 e. The second-order valence-electron chi connectivity index (χ2n) is 4.66. The summed E-state index contributed by atoms with van der Waals surface area (Å²) < 4.78 is 11.3. The van der Waals surface area contributed by atoms with Crippen molar-refractivity contribution in [3.8, 4) is 5.75 Å². The molecule has 2 atom stereocenters. The lowest BCUT2D eigenvalue weighted by Gasteiger charge is -2.22. The molecule has 94 valence electrons. The first-order valence-electron chi connectivity index (χ1n) is 6.35. The lowest BCUT2D eigenvalue weighted by atomic mass is 10.1. The van der Waals surface area contributed by atoms with E-state index in [2.05, 4.69) is 0 Å². The minimum absolute atomic E-state index is 0.0747. The van der Waals surface area contributed by atoms with Crippen LogP contribution in [0.3, 0.4) is 0 Å². The van der Waals surface area contributed by atoms with E-state index in [-0.39, 0.29) is 12.1 Å². The van der Waals surface area contributed by atoms with Gasteiger partial charge in [-0.05, 0) is 43.9 Å². The van der Waals surface area contributed by atoms with Crippen molar-refractivity contribution in [2.75, 3.05) is 13.2 Å². The zero-order chi connectivity index (χ0) is 12.1. The van der Waals surface area contributed by atoms with Crippen molar-refractivity contribution in [1.29, 1.82) is 0 Å². The maximum Gasteiger partial charge on any atom is 0.119 e. The third-order valence-corrected chi connectivity index (χ3v) is 3.12. The minimum atomic E-state index is 0.0747. The van der Waals surface area contributed by atoms with E-state index in [9.17, 15) is 0 Å². The molecule has 1 aliphatic heterocycles. The van der Waals surface area contributed by atoms with E-state index in [0.29, 0.717) is 6.61 Å². The van der Waals surface area contributed by atoms with Crippen molar-refractivity contribution >= 4 is 0 Å². The van der Waals surface area contributed by atoms with Crippen LogP contribution in [-0.2, 0) is 4.74 Å². The van der Waals surface area contributed by atoms with E-state index >= 15 is 0 Å². The molecule has 0 saturated carbocycles. The molecule has 1 unspecified atom stereocenters. The van der Waals surface area contributed by atoms with Crippen LogP contribution in [0.15, 0.2) is 24.3 Å². The third kappa shape index (κ3) is 3.72. The Morgan fingerprint density at radius 3 is 2.71 bits per heavy atom. The normalized spacial score (nSPS) is 22.1. The molecule has 2 N–H and O–H groups in total. The topological polar surface area (TPSA) is 44.5 Å². The van der Waals surface area contributed by atoms with Crippen molar-refractivity contribution in [2.24, 2.45) is 5.73 Å². The largest absolute Gasteiger partial charge is 0.491 e. The predicted molar refractivity (Wildman–Crippen MR) is 68.1 cm³/mol. The Morgan fingerprint density at radius 1 is 1.35 bits per heavy atom. The number of benzene rings is 1. The fourth-order valence-corrected chi connectivity index (χ4v) is 2.00. The van der Waals surface area contributed by atoms with Crippen LogP contribution in [-0.4, -0.2) is 19.3 Å². The standard InChI is InChI=1S/C14H21NO2/c1-11(15)12-5-7-13(8-6-12)17-10-14-4-2-3-9-16-14/h5-8,11,14H,2-4,9-10,15H2,1H3/t11-,14?/m1/s1. The van der Waals surface area contributed by atoms with Crippen molar-refractivity contribution in [1.82, 2.24) is 0 Å². The molecular formula is C14H21NO2. The number of rotatable bonds is 4. The van der Waals surface area contributed by atoms with E-state index in [1.165, 1.54) is 12.8 Å². The van der Waals surface area contributed by atoms with Gasteiger partial charge in [-0.15, -0.1) is 0 Å². The van der Waals surface area contributed by atoms with Gasteiger partial charge in [0.15, 0.2) is 0 Å². The molecule has 17 heavy (non-hydrogen) atoms. The molecule has 1 aromatic rings. The van der Waals surface area contributed by atoms with Gasteiger partial charge in [0, 0.05) is 12.6 Å². The summed E-state index contributed by atoms with van der Waals surface area (Å²) in [6.45, 7) is 3.50. The zero-order valence-corrected chi connectivity index (χ0v) is 10.4. The van der Waals surface area contributed by atoms with Crippen LogP contribution in [0.2, 0.25) is 0 Å². The first-order valence-corrected chi connectivity index (χ1v) is 6.35. The number of ether oxygens (including phenoxy) is 2. The highest BCUT2D eigenvalue weighted by molar-refractivity contribution is 5.28. The van der Waals surface area contributed by atoms with Gasteiger partial charge in [0.2, 0.25) is 0 Å². The number of hydrogen-bond donors (Lipinski definition) is 1. The highest BCUT2D eigenvalue weighted by atomic mass is 16.5. The Labute approximate surface area is 103 Å².